The molecule has 0 saturated carbocycles. The maximum Gasteiger partial charge on any atom is 0.198 e. The predicted octanol–water partition coefficient (Wildman–Crippen LogP) is 17.6. The lowest BCUT2D eigenvalue weighted by atomic mass is 9.78. The zero-order valence-corrected chi connectivity index (χ0v) is 62.1. The number of hydrogen-bond donors (Lipinski definition) is 10. The Balaban J connectivity index is 0.000000111. The second-order valence-electron chi connectivity index (χ2n) is 30.1. The molecule has 0 radical (unpaired) electrons. The van der Waals surface area contributed by atoms with E-state index in [-0.39, 0.29) is 109 Å². The highest BCUT2D eigenvalue weighted by molar-refractivity contribution is 6.53. The topological polar surface area (TPSA) is 342 Å². The fourth-order valence-corrected chi connectivity index (χ4v) is 19.5. The summed E-state index contributed by atoms with van der Waals surface area (Å²) in [6.07, 6.45) is 0. The standard InChI is InChI=1S/C34H26O6.C30H16O8.C30H18O6/c1-15-7-9-17-19(11-15)25-26-20-12-16(2)8-10-18(20)34(36)30-24(40-6)14-22(38-4)28(32(26)30)27-21(37-3)13-23(39-5)29(31(25)27)33(17)35;1-7-3-9(31)19-23-15(7)16-8(2)4-10(32)20-24(16)28-26-18(12(34)6-14(36)22(26)30(20)38)17-11(33)5-13(35)21(29(19)37)25(17)27(23)28;1-11-3-5-13-15(7-11)21-22-16-8-12(2)4-6-14(16)30(36)26-20(34)10-18(32)24(28(22)26)23-17(31)9-19(33)25(27(21)23)29(13)35/h7-14H,1-6H3;3-6,33-38H,1-2H3;3-10,33-36H,1-2H3. The molecule has 556 valence electrons. The zero-order chi connectivity index (χ0) is 79.9. The Morgan fingerprint density at radius 1 is 0.193 bits per heavy atom. The van der Waals surface area contributed by atoms with Crippen LogP contribution in [0.3, 0.4) is 0 Å². The van der Waals surface area contributed by atoms with E-state index in [2.05, 4.69) is 0 Å². The van der Waals surface area contributed by atoms with Crippen LogP contribution >= 0.6 is 0 Å². The van der Waals surface area contributed by atoms with Crippen molar-refractivity contribution in [2.45, 2.75) is 41.5 Å². The lowest BCUT2D eigenvalue weighted by Gasteiger charge is -2.25. The van der Waals surface area contributed by atoms with Gasteiger partial charge in [-0.2, -0.15) is 0 Å². The van der Waals surface area contributed by atoms with Gasteiger partial charge in [0.2, 0.25) is 0 Å². The first-order chi connectivity index (χ1) is 54.6. The van der Waals surface area contributed by atoms with Crippen molar-refractivity contribution in [3.63, 3.8) is 0 Å². The minimum Gasteiger partial charge on any atom is -0.507 e. The minimum atomic E-state index is -0.591. The van der Waals surface area contributed by atoms with Crippen LogP contribution < -0.4 is 51.5 Å². The van der Waals surface area contributed by atoms with Gasteiger partial charge in [-0.15, -0.1) is 0 Å². The Hall–Kier alpha value is -14.9. The van der Waals surface area contributed by atoms with Crippen LogP contribution in [0.5, 0.6) is 80.5 Å². The Morgan fingerprint density at radius 2 is 0.439 bits per heavy atom. The lowest BCUT2D eigenvalue weighted by molar-refractivity contribution is 0.398. The molecule has 22 rings (SSSR count). The SMILES string of the molecule is COc1cc(OC)c2c3c(OC)cc(OC)c4c(=O)c5ccc(C)cc5c(c43)c3c4cc(C)ccc4c(=O)c1c23.Cc1cc(=O)c2c(O)c3c(O)cc(O)c4c5c(O)cc(O)c6c(O)c7c(=O)cc(C)c8c1c2c(c34)c(c65)c78.Cc1ccc2c(O)c3c(O)cc(=O)c4c5c(=O)cc(O)c6c(O)c7ccc(C)cc7c(c65)c(c2c1)c34. The zero-order valence-electron chi connectivity index (χ0n) is 62.1. The van der Waals surface area contributed by atoms with Crippen molar-refractivity contribution < 1.29 is 70.0 Å². The number of fused-ring (bicyclic) bond motifs is 14. The molecule has 0 amide bonds. The highest BCUT2D eigenvalue weighted by Gasteiger charge is 2.36. The van der Waals surface area contributed by atoms with Crippen LogP contribution in [-0.2, 0) is 0 Å². The molecule has 22 aromatic rings. The molecule has 0 aliphatic rings. The molecule has 0 unspecified atom stereocenters. The van der Waals surface area contributed by atoms with Crippen LogP contribution in [0.25, 0.3) is 205 Å². The number of benzene rings is 22. The number of aromatic hydroxyl groups is 10. The maximum atomic E-state index is 14.2. The van der Waals surface area contributed by atoms with Crippen molar-refractivity contribution in [1.82, 2.24) is 0 Å². The average molecular weight is 1510 g/mol. The van der Waals surface area contributed by atoms with Crippen LogP contribution in [-0.4, -0.2) is 79.5 Å². The first-order valence-electron chi connectivity index (χ1n) is 36.2. The summed E-state index contributed by atoms with van der Waals surface area (Å²) in [4.78, 5) is 81.8. The van der Waals surface area contributed by atoms with Gasteiger partial charge >= 0.3 is 0 Å². The van der Waals surface area contributed by atoms with Gasteiger partial charge in [0.05, 0.1) is 71.5 Å². The Kier molecular flexibility index (Phi) is 13.7. The van der Waals surface area contributed by atoms with Gasteiger partial charge in [-0.3, -0.25) is 28.8 Å². The largest absolute Gasteiger partial charge is 0.507 e. The average Bonchev–Trinajstić information content (AvgIpc) is 0.671. The fourth-order valence-electron chi connectivity index (χ4n) is 19.5. The van der Waals surface area contributed by atoms with Crippen LogP contribution in [0.15, 0.2) is 150 Å². The molecule has 0 spiro atoms. The fraction of sp³-hybridized carbons (Fsp3) is 0.106. The van der Waals surface area contributed by atoms with Crippen LogP contribution in [0.4, 0.5) is 0 Å². The van der Waals surface area contributed by atoms with Crippen LogP contribution in [0.2, 0.25) is 0 Å². The van der Waals surface area contributed by atoms with Gasteiger partial charge in [0, 0.05) is 144 Å². The molecular weight excluding hydrogens is 1450 g/mol. The summed E-state index contributed by atoms with van der Waals surface area (Å²) in [5.74, 6) is -2.00. The number of methoxy groups -OCH3 is 4. The molecule has 0 saturated heterocycles. The van der Waals surface area contributed by atoms with Crippen molar-refractivity contribution >= 4 is 205 Å². The van der Waals surface area contributed by atoms with Gasteiger partial charge in [-0.05, 0) is 119 Å². The summed E-state index contributed by atoms with van der Waals surface area (Å²) in [6.45, 7) is 11.3. The van der Waals surface area contributed by atoms with Gasteiger partial charge in [0.25, 0.3) is 0 Å². The molecule has 0 heterocycles. The van der Waals surface area contributed by atoms with E-state index >= 15 is 0 Å². The predicted molar refractivity (Wildman–Crippen MR) is 450 cm³/mol. The molecule has 114 heavy (non-hydrogen) atoms. The highest BCUT2D eigenvalue weighted by atomic mass is 16.5. The number of phenols is 10. The van der Waals surface area contributed by atoms with E-state index in [0.29, 0.717) is 131 Å². The van der Waals surface area contributed by atoms with Crippen molar-refractivity contribution in [2.24, 2.45) is 0 Å². The van der Waals surface area contributed by atoms with E-state index in [1.165, 1.54) is 12.1 Å². The van der Waals surface area contributed by atoms with Crippen molar-refractivity contribution in [2.75, 3.05) is 28.4 Å². The van der Waals surface area contributed by atoms with E-state index in [4.69, 9.17) is 18.9 Å². The van der Waals surface area contributed by atoms with Gasteiger partial charge in [0.15, 0.2) is 32.6 Å². The highest BCUT2D eigenvalue weighted by Crippen LogP contribution is 2.62. The molecule has 0 aromatic heterocycles. The summed E-state index contributed by atoms with van der Waals surface area (Å²) >= 11 is 0. The summed E-state index contributed by atoms with van der Waals surface area (Å²) < 4.78 is 23.5. The van der Waals surface area contributed by atoms with Crippen molar-refractivity contribution in [3.05, 3.63) is 216 Å². The molecule has 22 aromatic carbocycles. The number of rotatable bonds is 4. The first kappa shape index (κ1) is 68.4. The molecule has 10 N–H and O–H groups in total. The summed E-state index contributed by atoms with van der Waals surface area (Å²) in [5, 5.41) is 126. The number of hydrogen-bond acceptors (Lipinski definition) is 20. The Bertz CT molecular complexity index is 8180. The summed E-state index contributed by atoms with van der Waals surface area (Å²) in [6, 6.07) is 32.9. The van der Waals surface area contributed by atoms with E-state index in [1.807, 2.05) is 88.4 Å². The van der Waals surface area contributed by atoms with Crippen LogP contribution in [0.1, 0.15) is 33.4 Å². The monoisotopic (exact) mass is 1510 g/mol. The minimum absolute atomic E-state index is 0.0328. The maximum absolute atomic E-state index is 14.2. The second kappa shape index (κ2) is 22.9. The van der Waals surface area contributed by atoms with Crippen molar-refractivity contribution in [3.8, 4) is 80.5 Å². The lowest BCUT2D eigenvalue weighted by Crippen LogP contribution is -2.10. The van der Waals surface area contributed by atoms with E-state index in [0.717, 1.165) is 78.8 Å². The van der Waals surface area contributed by atoms with E-state index in [1.54, 1.807) is 66.6 Å². The molecule has 20 nitrogen and oxygen atoms in total. The molecule has 0 aliphatic carbocycles. The molecule has 0 fully saturated rings. The van der Waals surface area contributed by atoms with Gasteiger partial charge in [0.1, 0.15) is 80.5 Å². The number of phenolic OH excluding ortho intramolecular Hbond substituents is 10. The van der Waals surface area contributed by atoms with Gasteiger partial charge in [-0.25, -0.2) is 0 Å². The van der Waals surface area contributed by atoms with Gasteiger partial charge in [-0.1, -0.05) is 95.1 Å². The third kappa shape index (κ3) is 8.28. The quantitative estimate of drug-likeness (QED) is 0.0578. The molecule has 0 bridgehead atoms. The first-order valence-corrected chi connectivity index (χ1v) is 36.2. The summed E-state index contributed by atoms with van der Waals surface area (Å²) in [5.41, 5.74) is 2.60. The third-order valence-corrected chi connectivity index (χ3v) is 23.9. The number of ether oxygens (including phenoxy) is 4. The van der Waals surface area contributed by atoms with Crippen LogP contribution in [0, 0.1) is 41.5 Å². The van der Waals surface area contributed by atoms with E-state index in [9.17, 15) is 79.8 Å². The molecule has 0 atom stereocenters. The number of aryl methyl sites for hydroxylation is 6. The van der Waals surface area contributed by atoms with Crippen molar-refractivity contribution in [1.29, 1.82) is 0 Å². The Labute approximate surface area is 637 Å². The molecule has 20 heteroatoms. The van der Waals surface area contributed by atoms with Gasteiger partial charge < -0.3 is 70.0 Å². The summed E-state index contributed by atoms with van der Waals surface area (Å²) in [7, 11) is 6.29. The normalized spacial score (nSPS) is 12.3. The Morgan fingerprint density at radius 3 is 0.772 bits per heavy atom. The third-order valence-electron chi connectivity index (χ3n) is 23.9. The molecular formula is C94H60O20. The molecule has 0 aliphatic heterocycles. The van der Waals surface area contributed by atoms with E-state index < -0.39 is 56.2 Å². The second-order valence-corrected chi connectivity index (χ2v) is 30.1. The smallest absolute Gasteiger partial charge is 0.198 e.